The Balaban J connectivity index is 2.22. The number of ether oxygens (including phenoxy) is 1. The molecule has 0 bridgehead atoms. The zero-order valence-electron chi connectivity index (χ0n) is 8.94. The van der Waals surface area contributed by atoms with Crippen LogP contribution in [-0.4, -0.2) is 19.3 Å². The Morgan fingerprint density at radius 3 is 2.60 bits per heavy atom. The molecule has 0 radical (unpaired) electrons. The maximum atomic E-state index is 9.88. The molecule has 0 atom stereocenters. The highest BCUT2D eigenvalue weighted by molar-refractivity contribution is 7.98. The minimum atomic E-state index is 0.507. The van der Waals surface area contributed by atoms with Crippen molar-refractivity contribution in [2.75, 3.05) is 12.9 Å². The second kappa shape index (κ2) is 7.35. The molecule has 0 aliphatic carbocycles. The number of aryl methyl sites for hydroxylation is 1. The van der Waals surface area contributed by atoms with Crippen molar-refractivity contribution in [3.05, 3.63) is 29.8 Å². The third-order valence-corrected chi connectivity index (χ3v) is 2.95. The third kappa shape index (κ3) is 4.88. The molecule has 0 heterocycles. The highest BCUT2D eigenvalue weighted by atomic mass is 32.2. The first kappa shape index (κ1) is 12.1. The van der Waals surface area contributed by atoms with Crippen LogP contribution >= 0.6 is 11.8 Å². The van der Waals surface area contributed by atoms with Crippen molar-refractivity contribution in [2.24, 2.45) is 0 Å². The van der Waals surface area contributed by atoms with Crippen molar-refractivity contribution in [1.29, 1.82) is 0 Å². The Morgan fingerprint density at radius 1 is 1.27 bits per heavy atom. The molecular weight excluding hydrogens is 208 g/mol. The number of unbranched alkanes of at least 4 members (excludes halogenated alkanes) is 1. The summed E-state index contributed by atoms with van der Waals surface area (Å²) < 4.78 is 4.62. The van der Waals surface area contributed by atoms with Gasteiger partial charge in [-0.05, 0) is 43.2 Å². The molecule has 0 unspecified atom stereocenters. The Kier molecular flexibility index (Phi) is 5.93. The molecule has 0 amide bonds. The van der Waals surface area contributed by atoms with Gasteiger partial charge in [-0.2, -0.15) is 0 Å². The van der Waals surface area contributed by atoms with E-state index in [9.17, 15) is 4.79 Å². The van der Waals surface area contributed by atoms with Crippen LogP contribution in [0.2, 0.25) is 0 Å². The molecule has 0 aromatic heterocycles. The number of thioether (sulfide) groups is 1. The monoisotopic (exact) mass is 224 g/mol. The van der Waals surface area contributed by atoms with E-state index in [1.165, 1.54) is 10.5 Å². The lowest BCUT2D eigenvalue weighted by Crippen LogP contribution is -1.93. The smallest absolute Gasteiger partial charge is 0.293 e. The molecule has 0 aliphatic heterocycles. The van der Waals surface area contributed by atoms with Crippen LogP contribution in [0.1, 0.15) is 18.4 Å². The maximum Gasteiger partial charge on any atom is 0.293 e. The van der Waals surface area contributed by atoms with Crippen molar-refractivity contribution in [1.82, 2.24) is 0 Å². The summed E-state index contributed by atoms with van der Waals surface area (Å²) in [6.45, 7) is 1.04. The highest BCUT2D eigenvalue weighted by Crippen LogP contribution is 2.15. The Morgan fingerprint density at radius 2 is 2.00 bits per heavy atom. The first-order valence-corrected chi connectivity index (χ1v) is 6.27. The van der Waals surface area contributed by atoms with Gasteiger partial charge in [-0.1, -0.05) is 12.1 Å². The Hall–Kier alpha value is -0.960. The molecule has 1 rings (SSSR count). The van der Waals surface area contributed by atoms with E-state index in [2.05, 4.69) is 35.3 Å². The number of rotatable bonds is 7. The molecule has 0 spiro atoms. The van der Waals surface area contributed by atoms with Gasteiger partial charge in [0.05, 0.1) is 6.61 Å². The normalized spacial score (nSPS) is 9.93. The van der Waals surface area contributed by atoms with Gasteiger partial charge in [0, 0.05) is 4.90 Å². The second-order valence-corrected chi connectivity index (χ2v) is 4.15. The van der Waals surface area contributed by atoms with E-state index in [1.54, 1.807) is 11.8 Å². The fourth-order valence-electron chi connectivity index (χ4n) is 1.35. The summed E-state index contributed by atoms with van der Waals surface area (Å²) in [5.41, 5.74) is 1.35. The van der Waals surface area contributed by atoms with Crippen LogP contribution in [0.3, 0.4) is 0 Å². The van der Waals surface area contributed by atoms with E-state index in [0.29, 0.717) is 13.1 Å². The van der Waals surface area contributed by atoms with Crippen molar-refractivity contribution in [3.8, 4) is 0 Å². The largest absolute Gasteiger partial charge is 0.468 e. The van der Waals surface area contributed by atoms with Gasteiger partial charge in [0.1, 0.15) is 0 Å². The van der Waals surface area contributed by atoms with Gasteiger partial charge in [0.2, 0.25) is 0 Å². The fourth-order valence-corrected chi connectivity index (χ4v) is 1.76. The van der Waals surface area contributed by atoms with Gasteiger partial charge in [-0.3, -0.25) is 4.79 Å². The predicted octanol–water partition coefficient (Wildman–Crippen LogP) is 2.90. The quantitative estimate of drug-likeness (QED) is 0.405. The van der Waals surface area contributed by atoms with E-state index in [-0.39, 0.29) is 0 Å². The van der Waals surface area contributed by atoms with E-state index in [0.717, 1.165) is 19.3 Å². The zero-order chi connectivity index (χ0) is 10.9. The lowest BCUT2D eigenvalue weighted by molar-refractivity contribution is -0.128. The molecule has 15 heavy (non-hydrogen) atoms. The average Bonchev–Trinajstić information content (AvgIpc) is 2.30. The summed E-state index contributed by atoms with van der Waals surface area (Å²) in [5.74, 6) is 0. The van der Waals surface area contributed by atoms with Crippen LogP contribution < -0.4 is 0 Å². The summed E-state index contributed by atoms with van der Waals surface area (Å²) in [5, 5.41) is 0. The first-order valence-electron chi connectivity index (χ1n) is 5.05. The standard InChI is InChI=1S/C12H16O2S/c1-15-12-7-5-11(6-8-12)4-2-3-9-14-10-13/h5-8,10H,2-4,9H2,1H3. The predicted molar refractivity (Wildman–Crippen MR) is 63.2 cm³/mol. The Bertz CT molecular complexity index is 282. The molecule has 1 aromatic rings. The summed E-state index contributed by atoms with van der Waals surface area (Å²) in [4.78, 5) is 11.2. The molecule has 82 valence electrons. The molecule has 0 saturated heterocycles. The number of carbonyl (C=O) groups is 1. The van der Waals surface area contributed by atoms with Gasteiger partial charge in [-0.25, -0.2) is 0 Å². The van der Waals surface area contributed by atoms with Crippen LogP contribution in [0.5, 0.6) is 0 Å². The minimum absolute atomic E-state index is 0.507. The van der Waals surface area contributed by atoms with Crippen LogP contribution in [0, 0.1) is 0 Å². The topological polar surface area (TPSA) is 26.3 Å². The molecule has 0 N–H and O–H groups in total. The van der Waals surface area contributed by atoms with Gasteiger partial charge in [0.25, 0.3) is 6.47 Å². The van der Waals surface area contributed by atoms with Crippen molar-refractivity contribution >= 4 is 18.2 Å². The molecule has 2 nitrogen and oxygen atoms in total. The summed E-state index contributed by atoms with van der Waals surface area (Å²) in [6.07, 6.45) is 5.12. The number of benzene rings is 1. The van der Waals surface area contributed by atoms with E-state index in [4.69, 9.17) is 0 Å². The summed E-state index contributed by atoms with van der Waals surface area (Å²) in [7, 11) is 0. The maximum absolute atomic E-state index is 9.88. The molecular formula is C12H16O2S. The van der Waals surface area contributed by atoms with Crippen molar-refractivity contribution in [3.63, 3.8) is 0 Å². The molecule has 1 aromatic carbocycles. The van der Waals surface area contributed by atoms with Crippen LogP contribution in [0.15, 0.2) is 29.2 Å². The first-order chi connectivity index (χ1) is 7.36. The minimum Gasteiger partial charge on any atom is -0.468 e. The number of hydrogen-bond donors (Lipinski definition) is 0. The van der Waals surface area contributed by atoms with Crippen molar-refractivity contribution < 1.29 is 9.53 Å². The van der Waals surface area contributed by atoms with Gasteiger partial charge in [0.15, 0.2) is 0 Å². The van der Waals surface area contributed by atoms with E-state index in [1.807, 2.05) is 0 Å². The molecule has 3 heteroatoms. The molecule has 0 fully saturated rings. The fraction of sp³-hybridized carbons (Fsp3) is 0.417. The van der Waals surface area contributed by atoms with E-state index < -0.39 is 0 Å². The van der Waals surface area contributed by atoms with Gasteiger partial charge in [-0.15, -0.1) is 11.8 Å². The lowest BCUT2D eigenvalue weighted by Gasteiger charge is -2.02. The van der Waals surface area contributed by atoms with Crippen LogP contribution in [0.4, 0.5) is 0 Å². The van der Waals surface area contributed by atoms with Crippen LogP contribution in [-0.2, 0) is 16.0 Å². The summed E-state index contributed by atoms with van der Waals surface area (Å²) >= 11 is 1.75. The van der Waals surface area contributed by atoms with Gasteiger partial charge >= 0.3 is 0 Å². The average molecular weight is 224 g/mol. The number of hydrogen-bond acceptors (Lipinski definition) is 3. The third-order valence-electron chi connectivity index (χ3n) is 2.20. The highest BCUT2D eigenvalue weighted by Gasteiger charge is 1.94. The zero-order valence-corrected chi connectivity index (χ0v) is 9.76. The summed E-state index contributed by atoms with van der Waals surface area (Å²) in [6, 6.07) is 8.60. The Labute approximate surface area is 95.0 Å². The lowest BCUT2D eigenvalue weighted by atomic mass is 10.1. The van der Waals surface area contributed by atoms with E-state index >= 15 is 0 Å². The number of carbonyl (C=O) groups excluding carboxylic acids is 1. The van der Waals surface area contributed by atoms with Crippen molar-refractivity contribution in [2.45, 2.75) is 24.2 Å². The van der Waals surface area contributed by atoms with Crippen LogP contribution in [0.25, 0.3) is 0 Å². The SMILES string of the molecule is CSc1ccc(CCCCOC=O)cc1. The second-order valence-electron chi connectivity index (χ2n) is 3.27. The molecule has 0 aliphatic rings. The molecule has 0 saturated carbocycles. The van der Waals surface area contributed by atoms with Gasteiger partial charge < -0.3 is 4.74 Å².